The minimum absolute atomic E-state index is 0.294. The van der Waals surface area contributed by atoms with E-state index in [0.717, 1.165) is 27.0 Å². The predicted octanol–water partition coefficient (Wildman–Crippen LogP) is 3.50. The van der Waals surface area contributed by atoms with Crippen molar-refractivity contribution in [2.75, 3.05) is 5.32 Å². The molecule has 1 saturated carbocycles. The van der Waals surface area contributed by atoms with E-state index in [9.17, 15) is 9.18 Å². The van der Waals surface area contributed by atoms with Gasteiger partial charge in [-0.2, -0.15) is 10.2 Å². The number of hydrogen-bond donors (Lipinski definition) is 1. The van der Waals surface area contributed by atoms with Gasteiger partial charge in [0.15, 0.2) is 10.8 Å². The Morgan fingerprint density at radius 1 is 1.30 bits per heavy atom. The number of nitrogens with zero attached hydrogens (tertiary/aromatic N) is 3. The van der Waals surface area contributed by atoms with Crippen LogP contribution in [0.25, 0.3) is 21.3 Å². The third-order valence-corrected chi connectivity index (χ3v) is 4.78. The highest BCUT2D eigenvalue weighted by molar-refractivity contribution is 7.19. The van der Waals surface area contributed by atoms with Gasteiger partial charge in [-0.3, -0.25) is 10.1 Å². The highest BCUT2D eigenvalue weighted by atomic mass is 32.1. The molecule has 23 heavy (non-hydrogen) atoms. The zero-order chi connectivity index (χ0) is 16.0. The number of aryl methyl sites for hydroxylation is 1. The fraction of sp³-hybridized carbons (Fsp3) is 0.250. The molecule has 0 atom stereocenters. The van der Waals surface area contributed by atoms with Crippen molar-refractivity contribution in [2.24, 2.45) is 0 Å². The largest absolute Gasteiger partial charge is 0.299 e. The number of anilines is 1. The molecular formula is C16H13FN4OS. The maximum Gasteiger partial charge on any atom is 0.263 e. The van der Waals surface area contributed by atoms with Crippen LogP contribution in [-0.2, 0) is 4.79 Å². The molecule has 1 aliphatic rings. The van der Waals surface area contributed by atoms with Gasteiger partial charge in [-0.05, 0) is 43.5 Å². The van der Waals surface area contributed by atoms with Crippen molar-refractivity contribution in [1.29, 1.82) is 0 Å². The molecule has 0 radical (unpaired) electrons. The van der Waals surface area contributed by atoms with E-state index in [0.29, 0.717) is 18.0 Å². The second-order valence-electron chi connectivity index (χ2n) is 5.71. The van der Waals surface area contributed by atoms with Crippen molar-refractivity contribution < 1.29 is 9.18 Å². The fourth-order valence-corrected chi connectivity index (χ4v) is 3.12. The molecule has 1 aromatic carbocycles. The van der Waals surface area contributed by atoms with E-state index in [1.165, 1.54) is 11.3 Å². The summed E-state index contributed by atoms with van der Waals surface area (Å²) < 4.78 is 13.7. The van der Waals surface area contributed by atoms with Gasteiger partial charge < -0.3 is 0 Å². The summed E-state index contributed by atoms with van der Waals surface area (Å²) in [6.07, 6.45) is 2.27. The number of aromatic nitrogens is 3. The molecule has 1 N–H and O–H groups in total. The molecule has 0 bridgehead atoms. The molecule has 1 aliphatic carbocycles. The first-order valence-electron chi connectivity index (χ1n) is 7.24. The van der Waals surface area contributed by atoms with Crippen molar-refractivity contribution in [1.82, 2.24) is 15.2 Å². The van der Waals surface area contributed by atoms with Gasteiger partial charge >= 0.3 is 0 Å². The normalized spacial score (nSPS) is 15.6. The van der Waals surface area contributed by atoms with Crippen LogP contribution in [0, 0.1) is 6.92 Å². The van der Waals surface area contributed by atoms with Crippen molar-refractivity contribution in [3.8, 4) is 10.4 Å². The first-order valence-corrected chi connectivity index (χ1v) is 8.06. The number of fused-ring (bicyclic) bond motifs is 1. The number of carbonyl (C=O) groups excluding carboxylic acids is 1. The maximum atomic E-state index is 13.7. The molecule has 0 saturated heterocycles. The van der Waals surface area contributed by atoms with Crippen LogP contribution in [0.4, 0.5) is 9.52 Å². The Kier molecular flexibility index (Phi) is 3.12. The van der Waals surface area contributed by atoms with Crippen molar-refractivity contribution in [3.05, 3.63) is 36.2 Å². The predicted molar refractivity (Wildman–Crippen MR) is 87.1 cm³/mol. The van der Waals surface area contributed by atoms with Crippen molar-refractivity contribution in [2.45, 2.75) is 25.4 Å². The molecule has 0 unspecified atom stereocenters. The van der Waals surface area contributed by atoms with Crippen molar-refractivity contribution in [3.63, 3.8) is 0 Å². The number of benzene rings is 1. The molecule has 0 aliphatic heterocycles. The molecule has 2 heterocycles. The third kappa shape index (κ3) is 2.68. The van der Waals surface area contributed by atoms with Crippen LogP contribution in [0.15, 0.2) is 30.5 Å². The lowest BCUT2D eigenvalue weighted by atomic mass is 10.1. The van der Waals surface area contributed by atoms with Gasteiger partial charge in [-0.1, -0.05) is 17.4 Å². The van der Waals surface area contributed by atoms with Crippen molar-refractivity contribution >= 4 is 33.3 Å². The zero-order valence-corrected chi connectivity index (χ0v) is 13.2. The fourth-order valence-electron chi connectivity index (χ4n) is 2.31. The quantitative estimate of drug-likeness (QED) is 0.799. The highest BCUT2D eigenvalue weighted by Gasteiger charge is 2.51. The van der Waals surface area contributed by atoms with Gasteiger partial charge in [0.1, 0.15) is 0 Å². The maximum absolute atomic E-state index is 13.7. The Morgan fingerprint density at radius 3 is 2.91 bits per heavy atom. The lowest BCUT2D eigenvalue weighted by molar-refractivity contribution is -0.122. The Labute approximate surface area is 135 Å². The second kappa shape index (κ2) is 5.06. The van der Waals surface area contributed by atoms with Gasteiger partial charge in [0.05, 0.1) is 16.1 Å². The standard InChI is InChI=1S/C16H13FN4OS/c1-9-6-11-7-10(2-3-12(11)21-20-9)13-8-18-15(23-13)19-14(22)16(17)4-5-16/h2-3,6-8H,4-5H2,1H3,(H,18,19,22). The van der Waals surface area contributed by atoms with E-state index >= 15 is 0 Å². The molecule has 3 aromatic rings. The summed E-state index contributed by atoms with van der Waals surface area (Å²) in [6.45, 7) is 1.89. The van der Waals surface area contributed by atoms with Crippen LogP contribution in [0.2, 0.25) is 0 Å². The van der Waals surface area contributed by atoms with Crippen LogP contribution in [0.1, 0.15) is 18.5 Å². The summed E-state index contributed by atoms with van der Waals surface area (Å²) in [5.74, 6) is -0.595. The molecular weight excluding hydrogens is 315 g/mol. The SMILES string of the molecule is Cc1cc2cc(-c3cnc(NC(=O)C4(F)CC4)s3)ccc2nn1. The summed E-state index contributed by atoms with van der Waals surface area (Å²) in [6, 6.07) is 7.81. The summed E-state index contributed by atoms with van der Waals surface area (Å²) in [7, 11) is 0. The Morgan fingerprint density at radius 2 is 2.13 bits per heavy atom. The Balaban J connectivity index is 1.62. The molecule has 0 spiro atoms. The van der Waals surface area contributed by atoms with E-state index in [1.807, 2.05) is 31.2 Å². The minimum Gasteiger partial charge on any atom is -0.299 e. The molecule has 1 fully saturated rings. The summed E-state index contributed by atoms with van der Waals surface area (Å²) in [5.41, 5.74) is 0.963. The lowest BCUT2D eigenvalue weighted by Crippen LogP contribution is -2.25. The highest BCUT2D eigenvalue weighted by Crippen LogP contribution is 2.41. The number of alkyl halides is 1. The lowest BCUT2D eigenvalue weighted by Gasteiger charge is -2.03. The van der Waals surface area contributed by atoms with Crippen LogP contribution in [0.3, 0.4) is 0 Å². The molecule has 1 amide bonds. The second-order valence-corrected chi connectivity index (χ2v) is 6.74. The third-order valence-electron chi connectivity index (χ3n) is 3.81. The molecule has 5 nitrogen and oxygen atoms in total. The minimum atomic E-state index is -1.69. The molecule has 116 valence electrons. The van der Waals surface area contributed by atoms with E-state index in [1.54, 1.807) is 6.20 Å². The topological polar surface area (TPSA) is 67.8 Å². The van der Waals surface area contributed by atoms with E-state index in [4.69, 9.17) is 0 Å². The van der Waals surface area contributed by atoms with E-state index < -0.39 is 11.6 Å². The number of thiazole rings is 1. The Hall–Kier alpha value is -2.41. The average molecular weight is 328 g/mol. The molecule has 4 rings (SSSR count). The number of amides is 1. The van der Waals surface area contributed by atoms with Gasteiger partial charge in [-0.15, -0.1) is 0 Å². The smallest absolute Gasteiger partial charge is 0.263 e. The van der Waals surface area contributed by atoms with E-state index in [2.05, 4.69) is 20.5 Å². The first-order chi connectivity index (χ1) is 11.0. The molecule has 7 heteroatoms. The van der Waals surface area contributed by atoms with E-state index in [-0.39, 0.29) is 0 Å². The summed E-state index contributed by atoms with van der Waals surface area (Å²) >= 11 is 1.33. The zero-order valence-electron chi connectivity index (χ0n) is 12.3. The van der Waals surface area contributed by atoms with Gasteiger partial charge in [0.2, 0.25) is 0 Å². The first kappa shape index (κ1) is 14.2. The Bertz CT molecular complexity index is 919. The monoisotopic (exact) mass is 328 g/mol. The van der Waals surface area contributed by atoms with Crippen LogP contribution < -0.4 is 5.32 Å². The van der Waals surface area contributed by atoms with Gasteiger partial charge in [-0.25, -0.2) is 9.37 Å². The number of carbonyl (C=O) groups is 1. The number of hydrogen-bond acceptors (Lipinski definition) is 5. The number of nitrogens with one attached hydrogen (secondary N) is 1. The van der Waals surface area contributed by atoms with Gasteiger partial charge in [0, 0.05) is 11.6 Å². The summed E-state index contributed by atoms with van der Waals surface area (Å²) in [4.78, 5) is 16.8. The van der Waals surface area contributed by atoms with Crippen LogP contribution in [0.5, 0.6) is 0 Å². The number of rotatable bonds is 3. The number of halogens is 1. The average Bonchev–Trinajstić information content (AvgIpc) is 3.12. The molecule has 2 aromatic heterocycles. The van der Waals surface area contributed by atoms with Crippen LogP contribution in [-0.4, -0.2) is 26.8 Å². The summed E-state index contributed by atoms with van der Waals surface area (Å²) in [5, 5.41) is 12.1. The van der Waals surface area contributed by atoms with Gasteiger partial charge in [0.25, 0.3) is 5.91 Å². The van der Waals surface area contributed by atoms with Crippen LogP contribution >= 0.6 is 11.3 Å².